The topological polar surface area (TPSA) is 25.8 Å². The third kappa shape index (κ3) is 3.38. The Kier molecular flexibility index (Phi) is 4.63. The van der Waals surface area contributed by atoms with Gasteiger partial charge in [-0.1, -0.05) is 48.6 Å². The van der Waals surface area contributed by atoms with E-state index in [0.29, 0.717) is 0 Å². The van der Waals surface area contributed by atoms with E-state index in [0.717, 1.165) is 27.3 Å². The second-order valence-electron chi connectivity index (χ2n) is 4.01. The number of hydrogen-bond acceptors (Lipinski definition) is 2. The summed E-state index contributed by atoms with van der Waals surface area (Å²) in [6, 6.07) is 12.0. The zero-order chi connectivity index (χ0) is 13.7. The Hall–Kier alpha value is -1.74. The molecule has 0 atom stereocenters. The Labute approximate surface area is 122 Å². The number of halogens is 1. The van der Waals surface area contributed by atoms with Crippen LogP contribution in [0.5, 0.6) is 0 Å². The van der Waals surface area contributed by atoms with Gasteiger partial charge in [0.25, 0.3) is 0 Å². The number of benzene rings is 1. The fourth-order valence-electron chi connectivity index (χ4n) is 1.78. The van der Waals surface area contributed by atoms with Crippen molar-refractivity contribution in [1.82, 2.24) is 9.97 Å². The van der Waals surface area contributed by atoms with Gasteiger partial charge >= 0.3 is 0 Å². The lowest BCUT2D eigenvalue weighted by molar-refractivity contribution is 1.10. The maximum Gasteiger partial charge on any atom is 0.160 e. The quantitative estimate of drug-likeness (QED) is 0.595. The predicted octanol–water partition coefficient (Wildman–Crippen LogP) is 4.89. The number of rotatable bonds is 3. The fraction of sp³-hybridized carbons (Fsp3) is 0.125. The first-order valence-corrected chi connectivity index (χ1v) is 6.93. The summed E-state index contributed by atoms with van der Waals surface area (Å²) >= 11 is 3.46. The molecule has 0 fully saturated rings. The predicted molar refractivity (Wildman–Crippen MR) is 83.6 cm³/mol. The molecule has 0 N–H and O–H groups in total. The first-order valence-electron chi connectivity index (χ1n) is 6.14. The van der Waals surface area contributed by atoms with Crippen LogP contribution in [0.4, 0.5) is 0 Å². The smallest absolute Gasteiger partial charge is 0.160 e. The molecule has 0 bridgehead atoms. The molecular weight excluding hydrogens is 300 g/mol. The van der Waals surface area contributed by atoms with E-state index < -0.39 is 0 Å². The molecule has 1 aromatic heterocycles. The van der Waals surface area contributed by atoms with Crippen LogP contribution in [0.2, 0.25) is 0 Å². The highest BCUT2D eigenvalue weighted by molar-refractivity contribution is 9.10. The summed E-state index contributed by atoms with van der Waals surface area (Å²) in [6.07, 6.45) is 6.01. The van der Waals surface area contributed by atoms with Crippen LogP contribution in [-0.4, -0.2) is 9.97 Å². The van der Waals surface area contributed by atoms with Crippen LogP contribution in [-0.2, 0) is 0 Å². The zero-order valence-corrected chi connectivity index (χ0v) is 12.6. The molecule has 0 aliphatic carbocycles. The molecule has 1 heterocycles. The second kappa shape index (κ2) is 6.43. The molecule has 96 valence electrons. The fourth-order valence-corrected chi connectivity index (χ4v) is 2.17. The van der Waals surface area contributed by atoms with Crippen molar-refractivity contribution in [3.8, 4) is 11.3 Å². The van der Waals surface area contributed by atoms with Crippen LogP contribution in [0, 0.1) is 0 Å². The molecule has 0 aliphatic rings. The van der Waals surface area contributed by atoms with Crippen molar-refractivity contribution in [2.45, 2.75) is 13.8 Å². The van der Waals surface area contributed by atoms with Crippen LogP contribution in [0.1, 0.15) is 19.7 Å². The number of aromatic nitrogens is 2. The van der Waals surface area contributed by atoms with E-state index in [-0.39, 0.29) is 0 Å². The summed E-state index contributed by atoms with van der Waals surface area (Å²) in [5.74, 6) is 0.730. The summed E-state index contributed by atoms with van der Waals surface area (Å²) in [5.41, 5.74) is 3.02. The molecule has 19 heavy (non-hydrogen) atoms. The van der Waals surface area contributed by atoms with Gasteiger partial charge in [0.15, 0.2) is 5.82 Å². The molecule has 0 spiro atoms. The molecule has 1 aromatic carbocycles. The SMILES string of the molecule is C/C=C\C(=C/C)c1nc(Br)cc(-c2ccccc2)n1. The normalized spacial score (nSPS) is 12.1. The van der Waals surface area contributed by atoms with E-state index >= 15 is 0 Å². The summed E-state index contributed by atoms with van der Waals surface area (Å²) < 4.78 is 0.792. The molecule has 0 unspecified atom stereocenters. The average molecular weight is 315 g/mol. The molecule has 0 saturated carbocycles. The lowest BCUT2D eigenvalue weighted by atomic mass is 10.1. The van der Waals surface area contributed by atoms with Crippen molar-refractivity contribution in [3.63, 3.8) is 0 Å². The zero-order valence-electron chi connectivity index (χ0n) is 11.0. The van der Waals surface area contributed by atoms with Gasteiger partial charge in [-0.15, -0.1) is 0 Å². The van der Waals surface area contributed by atoms with E-state index in [1.807, 2.05) is 68.5 Å². The van der Waals surface area contributed by atoms with Crippen molar-refractivity contribution >= 4 is 21.5 Å². The van der Waals surface area contributed by atoms with Gasteiger partial charge < -0.3 is 0 Å². The molecular formula is C16H15BrN2. The minimum absolute atomic E-state index is 0.730. The first kappa shape index (κ1) is 13.7. The Morgan fingerprint density at radius 1 is 1.11 bits per heavy atom. The highest BCUT2D eigenvalue weighted by atomic mass is 79.9. The van der Waals surface area contributed by atoms with E-state index in [1.165, 1.54) is 0 Å². The van der Waals surface area contributed by atoms with E-state index in [1.54, 1.807) is 0 Å². The third-order valence-electron chi connectivity index (χ3n) is 2.68. The lowest BCUT2D eigenvalue weighted by Gasteiger charge is -2.06. The van der Waals surface area contributed by atoms with Gasteiger partial charge in [-0.3, -0.25) is 0 Å². The van der Waals surface area contributed by atoms with Crippen LogP contribution in [0.3, 0.4) is 0 Å². The summed E-state index contributed by atoms with van der Waals surface area (Å²) in [4.78, 5) is 9.07. The van der Waals surface area contributed by atoms with Crippen molar-refractivity contribution in [2.75, 3.05) is 0 Å². The van der Waals surface area contributed by atoms with E-state index in [9.17, 15) is 0 Å². The lowest BCUT2D eigenvalue weighted by Crippen LogP contribution is -1.96. The van der Waals surface area contributed by atoms with Crippen LogP contribution in [0.15, 0.2) is 59.2 Å². The summed E-state index contributed by atoms with van der Waals surface area (Å²) in [5, 5.41) is 0. The molecule has 0 saturated heterocycles. The first-order chi connectivity index (χ1) is 9.24. The van der Waals surface area contributed by atoms with Crippen molar-refractivity contribution in [3.05, 3.63) is 65.1 Å². The largest absolute Gasteiger partial charge is 0.228 e. The molecule has 2 aromatic rings. The summed E-state index contributed by atoms with van der Waals surface area (Å²) in [6.45, 7) is 3.97. The average Bonchev–Trinajstić information content (AvgIpc) is 2.45. The summed E-state index contributed by atoms with van der Waals surface area (Å²) in [7, 11) is 0. The van der Waals surface area contributed by atoms with Gasteiger partial charge in [-0.25, -0.2) is 9.97 Å². The third-order valence-corrected chi connectivity index (χ3v) is 3.09. The van der Waals surface area contributed by atoms with Crippen LogP contribution in [0.25, 0.3) is 16.8 Å². The number of nitrogens with zero attached hydrogens (tertiary/aromatic N) is 2. The van der Waals surface area contributed by atoms with Gasteiger partial charge in [0.1, 0.15) is 4.60 Å². The standard InChI is InChI=1S/C16H15BrN2/c1-3-8-12(4-2)16-18-14(11-15(17)19-16)13-9-6-5-7-10-13/h3-11H,1-2H3/b8-3-,12-4+. The van der Waals surface area contributed by atoms with Gasteiger partial charge in [0.2, 0.25) is 0 Å². The Morgan fingerprint density at radius 2 is 1.84 bits per heavy atom. The Bertz CT molecular complexity index is 616. The molecule has 3 heteroatoms. The highest BCUT2D eigenvalue weighted by Crippen LogP contribution is 2.22. The van der Waals surface area contributed by atoms with Gasteiger partial charge in [0, 0.05) is 11.1 Å². The van der Waals surface area contributed by atoms with Crippen molar-refractivity contribution < 1.29 is 0 Å². The maximum absolute atomic E-state index is 4.63. The monoisotopic (exact) mass is 314 g/mol. The van der Waals surface area contributed by atoms with Gasteiger partial charge in [-0.2, -0.15) is 0 Å². The molecule has 2 rings (SSSR count). The maximum atomic E-state index is 4.63. The van der Waals surface area contributed by atoms with Crippen molar-refractivity contribution in [2.24, 2.45) is 0 Å². The minimum atomic E-state index is 0.730. The minimum Gasteiger partial charge on any atom is -0.228 e. The van der Waals surface area contributed by atoms with E-state index in [4.69, 9.17) is 0 Å². The molecule has 2 nitrogen and oxygen atoms in total. The second-order valence-corrected chi connectivity index (χ2v) is 4.82. The highest BCUT2D eigenvalue weighted by Gasteiger charge is 2.07. The van der Waals surface area contributed by atoms with Gasteiger partial charge in [-0.05, 0) is 35.8 Å². The molecule has 0 radical (unpaired) electrons. The number of hydrogen-bond donors (Lipinski definition) is 0. The van der Waals surface area contributed by atoms with E-state index in [2.05, 4.69) is 25.9 Å². The number of allylic oxidation sites excluding steroid dienone is 4. The van der Waals surface area contributed by atoms with Gasteiger partial charge in [0.05, 0.1) is 5.69 Å². The molecule has 0 amide bonds. The van der Waals surface area contributed by atoms with Crippen molar-refractivity contribution in [1.29, 1.82) is 0 Å². The Balaban J connectivity index is 2.52. The Morgan fingerprint density at radius 3 is 2.47 bits per heavy atom. The molecule has 0 aliphatic heterocycles. The van der Waals surface area contributed by atoms with Crippen LogP contribution < -0.4 is 0 Å². The van der Waals surface area contributed by atoms with Crippen LogP contribution >= 0.6 is 15.9 Å².